The number of hydrogen-bond donors (Lipinski definition) is 2. The Hall–Kier alpha value is -0.880. The fraction of sp³-hybridized carbons (Fsp3) is 0.750. The highest BCUT2D eigenvalue weighted by molar-refractivity contribution is 14.0. The van der Waals surface area contributed by atoms with Gasteiger partial charge in [0, 0.05) is 46.4 Å². The number of ether oxygens (including phenoxy) is 3. The maximum atomic E-state index is 5.92. The third-order valence-electron chi connectivity index (χ3n) is 5.12. The number of rotatable bonds is 9. The van der Waals surface area contributed by atoms with Gasteiger partial charge in [0.25, 0.3) is 0 Å². The molecule has 1 aromatic rings. The van der Waals surface area contributed by atoms with E-state index in [1.165, 1.54) is 0 Å². The summed E-state index contributed by atoms with van der Waals surface area (Å²) < 4.78 is 22.5. The predicted molar refractivity (Wildman–Crippen MR) is 123 cm³/mol. The van der Waals surface area contributed by atoms with Crippen molar-refractivity contribution in [1.82, 2.24) is 15.5 Å². The lowest BCUT2D eigenvalue weighted by atomic mass is 10.1. The molecular formula is C20H35IN4O4. The van der Waals surface area contributed by atoms with Crippen LogP contribution in [0.25, 0.3) is 0 Å². The second-order valence-electron chi connectivity index (χ2n) is 7.20. The van der Waals surface area contributed by atoms with Crippen molar-refractivity contribution in [3.63, 3.8) is 0 Å². The van der Waals surface area contributed by atoms with Crippen molar-refractivity contribution in [2.75, 3.05) is 66.3 Å². The van der Waals surface area contributed by atoms with Gasteiger partial charge in [0.05, 0.1) is 32.0 Å². The van der Waals surface area contributed by atoms with E-state index in [0.29, 0.717) is 0 Å². The van der Waals surface area contributed by atoms with Gasteiger partial charge in [0.2, 0.25) is 0 Å². The average Bonchev–Trinajstić information content (AvgIpc) is 3.39. The molecule has 2 N–H and O–H groups in total. The molecule has 0 aromatic carbocycles. The molecule has 0 bridgehead atoms. The summed E-state index contributed by atoms with van der Waals surface area (Å²) in [4.78, 5) is 6.74. The number of furan rings is 1. The Balaban J connectivity index is 0.00000300. The van der Waals surface area contributed by atoms with Crippen LogP contribution in [0.4, 0.5) is 0 Å². The van der Waals surface area contributed by atoms with E-state index in [4.69, 9.17) is 18.6 Å². The standard InChI is InChI=1S/C20H34N4O4.HI/c1-16-4-5-19(28-16)18(24-8-12-25-13-9-24)14-23-20(21-2)22-7-3-10-27-17-6-11-26-15-17;/h4-5,17-18H,3,6-15H2,1-2H3,(H2,21,22,23);1H. The Morgan fingerprint density at radius 1 is 1.24 bits per heavy atom. The van der Waals surface area contributed by atoms with Crippen LogP contribution >= 0.6 is 24.0 Å². The molecule has 2 unspecified atom stereocenters. The Morgan fingerprint density at radius 2 is 2.07 bits per heavy atom. The molecule has 0 saturated carbocycles. The molecule has 2 fully saturated rings. The van der Waals surface area contributed by atoms with Crippen LogP contribution in [0.2, 0.25) is 0 Å². The second kappa shape index (κ2) is 13.4. The molecule has 0 aliphatic carbocycles. The summed E-state index contributed by atoms with van der Waals surface area (Å²) in [5.41, 5.74) is 0. The number of morpholine rings is 1. The van der Waals surface area contributed by atoms with Crippen molar-refractivity contribution >= 4 is 29.9 Å². The number of halogens is 1. The number of nitrogens with one attached hydrogen (secondary N) is 2. The Labute approximate surface area is 190 Å². The predicted octanol–water partition coefficient (Wildman–Crippen LogP) is 1.94. The van der Waals surface area contributed by atoms with Gasteiger partial charge in [-0.05, 0) is 31.9 Å². The largest absolute Gasteiger partial charge is 0.465 e. The zero-order valence-electron chi connectivity index (χ0n) is 17.5. The van der Waals surface area contributed by atoms with Gasteiger partial charge in [-0.15, -0.1) is 24.0 Å². The van der Waals surface area contributed by atoms with Crippen molar-refractivity contribution in [3.8, 4) is 0 Å². The fourth-order valence-electron chi connectivity index (χ4n) is 3.52. The number of nitrogens with zero attached hydrogens (tertiary/aromatic N) is 2. The molecule has 3 heterocycles. The smallest absolute Gasteiger partial charge is 0.191 e. The third-order valence-corrected chi connectivity index (χ3v) is 5.12. The minimum absolute atomic E-state index is 0. The van der Waals surface area contributed by atoms with Gasteiger partial charge in [-0.2, -0.15) is 0 Å². The summed E-state index contributed by atoms with van der Waals surface area (Å²) in [5, 5.41) is 6.81. The minimum Gasteiger partial charge on any atom is -0.465 e. The molecule has 2 aliphatic heterocycles. The van der Waals surface area contributed by atoms with Crippen molar-refractivity contribution in [3.05, 3.63) is 23.7 Å². The van der Waals surface area contributed by atoms with E-state index >= 15 is 0 Å². The molecule has 166 valence electrons. The zero-order chi connectivity index (χ0) is 19.6. The first-order chi connectivity index (χ1) is 13.8. The first kappa shape index (κ1) is 24.4. The molecule has 3 rings (SSSR count). The zero-order valence-corrected chi connectivity index (χ0v) is 19.9. The van der Waals surface area contributed by atoms with Gasteiger partial charge in [0.15, 0.2) is 5.96 Å². The second-order valence-corrected chi connectivity index (χ2v) is 7.20. The van der Waals surface area contributed by atoms with Crippen LogP contribution in [0.5, 0.6) is 0 Å². The first-order valence-electron chi connectivity index (χ1n) is 10.3. The number of aryl methyl sites for hydroxylation is 1. The molecule has 2 atom stereocenters. The van der Waals surface area contributed by atoms with Crippen LogP contribution in [-0.2, 0) is 14.2 Å². The average molecular weight is 522 g/mol. The lowest BCUT2D eigenvalue weighted by molar-refractivity contribution is 0.0124. The quantitative estimate of drug-likeness (QED) is 0.222. The van der Waals surface area contributed by atoms with Gasteiger partial charge < -0.3 is 29.3 Å². The first-order valence-corrected chi connectivity index (χ1v) is 10.3. The lowest BCUT2D eigenvalue weighted by Crippen LogP contribution is -2.46. The van der Waals surface area contributed by atoms with E-state index in [1.54, 1.807) is 7.05 Å². The Kier molecular flexibility index (Phi) is 11.3. The van der Waals surface area contributed by atoms with E-state index in [9.17, 15) is 0 Å². The topological polar surface area (TPSA) is 80.5 Å². The molecule has 2 aliphatic rings. The molecule has 0 spiro atoms. The fourth-order valence-corrected chi connectivity index (χ4v) is 3.52. The van der Waals surface area contributed by atoms with Crippen molar-refractivity contribution < 1.29 is 18.6 Å². The third kappa shape index (κ3) is 8.05. The summed E-state index contributed by atoms with van der Waals surface area (Å²) in [6.07, 6.45) is 2.20. The lowest BCUT2D eigenvalue weighted by Gasteiger charge is -2.33. The normalized spacial score (nSPS) is 21.6. The van der Waals surface area contributed by atoms with Crippen molar-refractivity contribution in [2.24, 2.45) is 4.99 Å². The highest BCUT2D eigenvalue weighted by Gasteiger charge is 2.25. The number of guanidine groups is 1. The summed E-state index contributed by atoms with van der Waals surface area (Å²) in [6, 6.07) is 4.24. The summed E-state index contributed by atoms with van der Waals surface area (Å²) >= 11 is 0. The van der Waals surface area contributed by atoms with E-state index in [2.05, 4.69) is 26.6 Å². The number of hydrogen-bond acceptors (Lipinski definition) is 6. The summed E-state index contributed by atoms with van der Waals surface area (Å²) in [5.74, 6) is 2.71. The molecule has 8 nitrogen and oxygen atoms in total. The van der Waals surface area contributed by atoms with E-state index < -0.39 is 0 Å². The Morgan fingerprint density at radius 3 is 2.72 bits per heavy atom. The molecular weight excluding hydrogens is 487 g/mol. The van der Waals surface area contributed by atoms with Crippen molar-refractivity contribution in [1.29, 1.82) is 0 Å². The molecule has 0 amide bonds. The monoisotopic (exact) mass is 522 g/mol. The van der Waals surface area contributed by atoms with Crippen LogP contribution in [0, 0.1) is 6.92 Å². The maximum absolute atomic E-state index is 5.92. The highest BCUT2D eigenvalue weighted by atomic mass is 127. The molecule has 9 heteroatoms. The highest BCUT2D eigenvalue weighted by Crippen LogP contribution is 2.23. The van der Waals surface area contributed by atoms with Gasteiger partial charge in [-0.3, -0.25) is 9.89 Å². The summed E-state index contributed by atoms with van der Waals surface area (Å²) in [7, 11) is 1.79. The number of aliphatic imine (C=N–C) groups is 1. The molecule has 0 radical (unpaired) electrons. The SMILES string of the molecule is CN=C(NCCCOC1CCOC1)NCC(c1ccc(C)o1)N1CCOCC1.I. The molecule has 2 saturated heterocycles. The minimum atomic E-state index is 0. The van der Waals surface area contributed by atoms with Crippen LogP contribution in [0.3, 0.4) is 0 Å². The maximum Gasteiger partial charge on any atom is 0.191 e. The van der Waals surface area contributed by atoms with Crippen molar-refractivity contribution in [2.45, 2.75) is 31.9 Å². The van der Waals surface area contributed by atoms with E-state index in [-0.39, 0.29) is 36.1 Å². The van der Waals surface area contributed by atoms with E-state index in [0.717, 1.165) is 89.5 Å². The summed E-state index contributed by atoms with van der Waals surface area (Å²) in [6.45, 7) is 9.13. The Bertz CT molecular complexity index is 601. The van der Waals surface area contributed by atoms with E-state index in [1.807, 2.05) is 13.0 Å². The molecule has 29 heavy (non-hydrogen) atoms. The molecule has 1 aromatic heterocycles. The van der Waals surface area contributed by atoms with Gasteiger partial charge in [-0.1, -0.05) is 0 Å². The van der Waals surface area contributed by atoms with Gasteiger partial charge in [-0.25, -0.2) is 0 Å². The van der Waals surface area contributed by atoms with Crippen LogP contribution in [0.1, 0.15) is 30.4 Å². The van der Waals surface area contributed by atoms with Crippen LogP contribution in [-0.4, -0.2) is 83.2 Å². The van der Waals surface area contributed by atoms with Crippen LogP contribution in [0.15, 0.2) is 21.5 Å². The van der Waals surface area contributed by atoms with Gasteiger partial charge >= 0.3 is 0 Å². The van der Waals surface area contributed by atoms with Crippen LogP contribution < -0.4 is 10.6 Å². The van der Waals surface area contributed by atoms with Gasteiger partial charge in [0.1, 0.15) is 11.5 Å².